The Balaban J connectivity index is 1.38. The first-order chi connectivity index (χ1) is 14.7. The summed E-state index contributed by atoms with van der Waals surface area (Å²) in [6.45, 7) is 9.17. The van der Waals surface area contributed by atoms with Gasteiger partial charge in [0.2, 0.25) is 5.91 Å². The molecule has 1 aromatic carbocycles. The third kappa shape index (κ3) is 4.98. The van der Waals surface area contributed by atoms with Gasteiger partial charge in [-0.3, -0.25) is 4.79 Å². The molecule has 0 radical (unpaired) electrons. The van der Waals surface area contributed by atoms with Crippen LogP contribution in [0.1, 0.15) is 37.7 Å². The molecule has 0 bridgehead atoms. The van der Waals surface area contributed by atoms with Crippen LogP contribution in [0.25, 0.3) is 0 Å². The van der Waals surface area contributed by atoms with Crippen molar-refractivity contribution in [3.05, 3.63) is 29.8 Å². The molecule has 0 spiro atoms. The van der Waals surface area contributed by atoms with Crippen molar-refractivity contribution in [2.75, 3.05) is 72.7 Å². The second kappa shape index (κ2) is 10.1. The van der Waals surface area contributed by atoms with Crippen LogP contribution < -0.4 is 4.74 Å². The van der Waals surface area contributed by atoms with Gasteiger partial charge in [0.1, 0.15) is 5.75 Å². The normalized spacial score (nSPS) is 22.9. The Morgan fingerprint density at radius 2 is 1.67 bits per heavy atom. The predicted octanol–water partition coefficient (Wildman–Crippen LogP) is 2.37. The van der Waals surface area contributed by atoms with Gasteiger partial charge in [0.15, 0.2) is 0 Å². The molecule has 0 atom stereocenters. The van der Waals surface area contributed by atoms with E-state index in [1.54, 1.807) is 0 Å². The summed E-state index contributed by atoms with van der Waals surface area (Å²) in [6.07, 6.45) is 5.25. The lowest BCUT2D eigenvalue weighted by atomic mass is 9.73. The summed E-state index contributed by atoms with van der Waals surface area (Å²) < 4.78 is 11.6. The van der Waals surface area contributed by atoms with Crippen molar-refractivity contribution in [3.8, 4) is 5.75 Å². The van der Waals surface area contributed by atoms with E-state index in [0.29, 0.717) is 13.2 Å². The maximum Gasteiger partial charge on any atom is 0.233 e. The maximum absolute atomic E-state index is 13.6. The van der Waals surface area contributed by atoms with Crippen LogP contribution in [-0.4, -0.2) is 93.3 Å². The molecule has 4 rings (SSSR count). The van der Waals surface area contributed by atoms with Gasteiger partial charge in [-0.05, 0) is 69.9 Å². The van der Waals surface area contributed by atoms with E-state index in [1.807, 2.05) is 12.1 Å². The second-order valence-corrected chi connectivity index (χ2v) is 9.07. The van der Waals surface area contributed by atoms with Crippen LogP contribution in [0.4, 0.5) is 0 Å². The Morgan fingerprint density at radius 1 is 1.00 bits per heavy atom. The third-order valence-corrected chi connectivity index (χ3v) is 7.04. The Hall–Kier alpha value is -1.63. The fourth-order valence-electron chi connectivity index (χ4n) is 5.01. The number of nitrogens with zero attached hydrogens (tertiary/aromatic N) is 3. The van der Waals surface area contributed by atoms with Gasteiger partial charge in [-0.15, -0.1) is 0 Å². The first kappa shape index (κ1) is 21.6. The number of hydrogen-bond acceptors (Lipinski definition) is 5. The maximum atomic E-state index is 13.6. The molecule has 3 aliphatic heterocycles. The van der Waals surface area contributed by atoms with E-state index in [0.717, 1.165) is 69.9 Å². The molecule has 0 unspecified atom stereocenters. The molecule has 0 N–H and O–H groups in total. The first-order valence-electron chi connectivity index (χ1n) is 11.7. The number of carbonyl (C=O) groups excluding carboxylic acids is 1. The zero-order valence-electron chi connectivity index (χ0n) is 18.5. The number of rotatable bonds is 7. The molecular formula is C24H37N3O3. The minimum atomic E-state index is -0.456. The van der Waals surface area contributed by atoms with Crippen LogP contribution >= 0.6 is 0 Å². The molecule has 3 aliphatic rings. The number of amides is 1. The van der Waals surface area contributed by atoms with Crippen molar-refractivity contribution in [2.24, 2.45) is 0 Å². The molecule has 3 saturated heterocycles. The monoisotopic (exact) mass is 415 g/mol. The van der Waals surface area contributed by atoms with Crippen LogP contribution in [-0.2, 0) is 14.9 Å². The zero-order chi connectivity index (χ0) is 20.8. The van der Waals surface area contributed by atoms with Crippen LogP contribution in [0.2, 0.25) is 0 Å². The Morgan fingerprint density at radius 3 is 2.33 bits per heavy atom. The molecule has 3 heterocycles. The summed E-state index contributed by atoms with van der Waals surface area (Å²) in [5.41, 5.74) is 0.654. The summed E-state index contributed by atoms with van der Waals surface area (Å²) in [5, 5.41) is 0. The van der Waals surface area contributed by atoms with Crippen molar-refractivity contribution in [1.29, 1.82) is 0 Å². The molecule has 3 fully saturated rings. The molecule has 166 valence electrons. The average molecular weight is 416 g/mol. The number of likely N-dealkylation sites (tertiary alicyclic amines) is 1. The molecule has 30 heavy (non-hydrogen) atoms. The summed E-state index contributed by atoms with van der Waals surface area (Å²) in [7, 11) is 2.12. The van der Waals surface area contributed by atoms with E-state index >= 15 is 0 Å². The number of carbonyl (C=O) groups is 1. The first-order valence-corrected chi connectivity index (χ1v) is 11.7. The fourth-order valence-corrected chi connectivity index (χ4v) is 5.01. The van der Waals surface area contributed by atoms with E-state index in [4.69, 9.17) is 9.47 Å². The Bertz CT molecular complexity index is 673. The number of benzene rings is 1. The minimum Gasteiger partial charge on any atom is -0.494 e. The van der Waals surface area contributed by atoms with Gasteiger partial charge in [-0.1, -0.05) is 12.1 Å². The predicted molar refractivity (Wildman–Crippen MR) is 118 cm³/mol. The average Bonchev–Trinajstić information content (AvgIpc) is 3.31. The highest BCUT2D eigenvalue weighted by Crippen LogP contribution is 2.37. The molecular weight excluding hydrogens is 378 g/mol. The van der Waals surface area contributed by atoms with Crippen LogP contribution in [0, 0.1) is 0 Å². The van der Waals surface area contributed by atoms with Gasteiger partial charge in [-0.2, -0.15) is 0 Å². The Kier molecular flexibility index (Phi) is 7.28. The molecule has 0 aliphatic carbocycles. The Labute approximate surface area is 181 Å². The quantitative estimate of drug-likeness (QED) is 0.640. The van der Waals surface area contributed by atoms with E-state index in [2.05, 4.69) is 33.9 Å². The second-order valence-electron chi connectivity index (χ2n) is 9.07. The molecule has 0 aromatic heterocycles. The van der Waals surface area contributed by atoms with Gasteiger partial charge >= 0.3 is 0 Å². The van der Waals surface area contributed by atoms with Crippen molar-refractivity contribution in [3.63, 3.8) is 0 Å². The molecule has 0 saturated carbocycles. The standard InChI is InChI=1S/C24H37N3O3/c1-25-14-16-27(17-15-25)23(28)24(9-19-29-20-10-24)21-5-7-22(8-6-21)30-18-4-13-26-11-2-3-12-26/h5-8H,2-4,9-20H2,1H3. The largest absolute Gasteiger partial charge is 0.494 e. The summed E-state index contributed by atoms with van der Waals surface area (Å²) in [5.74, 6) is 1.17. The smallest absolute Gasteiger partial charge is 0.233 e. The number of hydrogen-bond donors (Lipinski definition) is 0. The van der Waals surface area contributed by atoms with Gasteiger partial charge in [0.05, 0.1) is 12.0 Å². The highest BCUT2D eigenvalue weighted by Gasteiger charge is 2.44. The lowest BCUT2D eigenvalue weighted by Crippen LogP contribution is -2.55. The minimum absolute atomic E-state index is 0.276. The number of ether oxygens (including phenoxy) is 2. The van der Waals surface area contributed by atoms with E-state index in [-0.39, 0.29) is 5.91 Å². The van der Waals surface area contributed by atoms with Crippen molar-refractivity contribution in [1.82, 2.24) is 14.7 Å². The SMILES string of the molecule is CN1CCN(C(=O)C2(c3ccc(OCCCN4CCCC4)cc3)CCOCC2)CC1. The highest BCUT2D eigenvalue weighted by molar-refractivity contribution is 5.88. The van der Waals surface area contributed by atoms with E-state index < -0.39 is 5.41 Å². The van der Waals surface area contributed by atoms with Crippen molar-refractivity contribution in [2.45, 2.75) is 37.5 Å². The zero-order valence-corrected chi connectivity index (χ0v) is 18.5. The highest BCUT2D eigenvalue weighted by atomic mass is 16.5. The molecule has 6 heteroatoms. The summed E-state index contributed by atoms with van der Waals surface area (Å²) in [6, 6.07) is 8.30. The number of piperazine rings is 1. The van der Waals surface area contributed by atoms with E-state index in [1.165, 1.54) is 25.9 Å². The van der Waals surface area contributed by atoms with E-state index in [9.17, 15) is 4.79 Å². The van der Waals surface area contributed by atoms with Gasteiger partial charge in [0, 0.05) is 45.9 Å². The molecule has 1 amide bonds. The fraction of sp³-hybridized carbons (Fsp3) is 0.708. The lowest BCUT2D eigenvalue weighted by molar-refractivity contribution is -0.143. The lowest BCUT2D eigenvalue weighted by Gasteiger charge is -2.42. The summed E-state index contributed by atoms with van der Waals surface area (Å²) in [4.78, 5) is 20.5. The van der Waals surface area contributed by atoms with Crippen LogP contribution in [0.3, 0.4) is 0 Å². The number of likely N-dealkylation sites (N-methyl/N-ethyl adjacent to an activating group) is 1. The van der Waals surface area contributed by atoms with Crippen LogP contribution in [0.15, 0.2) is 24.3 Å². The van der Waals surface area contributed by atoms with Crippen molar-refractivity contribution < 1.29 is 14.3 Å². The van der Waals surface area contributed by atoms with Crippen molar-refractivity contribution >= 4 is 5.91 Å². The summed E-state index contributed by atoms with van der Waals surface area (Å²) >= 11 is 0. The van der Waals surface area contributed by atoms with Gasteiger partial charge in [-0.25, -0.2) is 0 Å². The van der Waals surface area contributed by atoms with Gasteiger partial charge < -0.3 is 24.2 Å². The van der Waals surface area contributed by atoms with Crippen LogP contribution in [0.5, 0.6) is 5.75 Å². The van der Waals surface area contributed by atoms with Gasteiger partial charge in [0.25, 0.3) is 0 Å². The molecule has 1 aromatic rings. The molecule has 6 nitrogen and oxygen atoms in total. The topological polar surface area (TPSA) is 45.2 Å². The third-order valence-electron chi connectivity index (χ3n) is 7.04.